The molecule has 0 spiro atoms. The van der Waals surface area contributed by atoms with E-state index in [0.29, 0.717) is 0 Å². The van der Waals surface area contributed by atoms with Gasteiger partial charge >= 0.3 is 0 Å². The molecule has 0 N–H and O–H groups in total. The van der Waals surface area contributed by atoms with Crippen LogP contribution in [-0.4, -0.2) is 13.4 Å². The second-order valence-electron chi connectivity index (χ2n) is 7.11. The van der Waals surface area contributed by atoms with Gasteiger partial charge in [-0.25, -0.2) is 0 Å². The third-order valence-electron chi connectivity index (χ3n) is 4.96. The largest absolute Gasteiger partial charge is 0.327 e. The molecule has 0 bridgehead atoms. The topological polar surface area (TPSA) is 6.48 Å². The first kappa shape index (κ1) is 18.9. The van der Waals surface area contributed by atoms with Gasteiger partial charge in [0.25, 0.3) is 0 Å². The Morgan fingerprint density at radius 1 is 0.448 bits per heavy atom. The molecule has 2 radical (unpaired) electrons. The minimum atomic E-state index is -0.884. The van der Waals surface area contributed by atoms with Gasteiger partial charge in [0.05, 0.1) is 5.56 Å². The van der Waals surface area contributed by atoms with Crippen LogP contribution < -0.4 is 9.80 Å². The van der Waals surface area contributed by atoms with Gasteiger partial charge in [-0.2, -0.15) is 0 Å². The SMILES string of the molecule is [B]C(C)(N(c1ccccc1)c1ccccc1)N(c1ccccc1)c1ccccc1. The van der Waals surface area contributed by atoms with E-state index in [2.05, 4.69) is 58.3 Å². The Morgan fingerprint density at radius 2 is 0.655 bits per heavy atom. The molecule has 0 aliphatic carbocycles. The zero-order valence-electron chi connectivity index (χ0n) is 16.5. The Morgan fingerprint density at radius 3 is 0.862 bits per heavy atom. The van der Waals surface area contributed by atoms with Crippen LogP contribution in [0.3, 0.4) is 0 Å². The predicted octanol–water partition coefficient (Wildman–Crippen LogP) is 6.51. The minimum Gasteiger partial charge on any atom is -0.327 e. The Balaban J connectivity index is 1.91. The molecular weight excluding hydrogens is 351 g/mol. The van der Waals surface area contributed by atoms with Crippen LogP contribution in [0.5, 0.6) is 0 Å². The molecule has 0 aromatic heterocycles. The fourth-order valence-corrected chi connectivity index (χ4v) is 3.75. The normalized spacial score (nSPS) is 11.1. The average molecular weight is 374 g/mol. The van der Waals surface area contributed by atoms with Crippen LogP contribution in [0.1, 0.15) is 6.92 Å². The van der Waals surface area contributed by atoms with Crippen molar-refractivity contribution in [1.29, 1.82) is 0 Å². The van der Waals surface area contributed by atoms with E-state index >= 15 is 0 Å². The molecule has 0 aliphatic heterocycles. The number of rotatable bonds is 6. The molecule has 0 heterocycles. The quantitative estimate of drug-likeness (QED) is 0.281. The van der Waals surface area contributed by atoms with Crippen molar-refractivity contribution in [2.45, 2.75) is 12.5 Å². The molecule has 0 fully saturated rings. The molecule has 4 aromatic carbocycles. The summed E-state index contributed by atoms with van der Waals surface area (Å²) in [4.78, 5) is 4.35. The summed E-state index contributed by atoms with van der Waals surface area (Å²) in [7, 11) is 7.19. The Hall–Kier alpha value is -3.46. The van der Waals surface area contributed by atoms with E-state index in [9.17, 15) is 0 Å². The highest BCUT2D eigenvalue weighted by Crippen LogP contribution is 2.39. The lowest BCUT2D eigenvalue weighted by molar-refractivity contribution is 0.645. The first-order valence-electron chi connectivity index (χ1n) is 9.77. The molecule has 0 aliphatic rings. The van der Waals surface area contributed by atoms with Crippen molar-refractivity contribution >= 4 is 30.6 Å². The van der Waals surface area contributed by atoms with Gasteiger partial charge in [0.15, 0.2) is 0 Å². The van der Waals surface area contributed by atoms with Crippen molar-refractivity contribution in [3.8, 4) is 0 Å². The van der Waals surface area contributed by atoms with Crippen LogP contribution in [0, 0.1) is 0 Å². The van der Waals surface area contributed by atoms with Crippen LogP contribution in [-0.2, 0) is 0 Å². The molecule has 29 heavy (non-hydrogen) atoms. The maximum atomic E-state index is 7.19. The summed E-state index contributed by atoms with van der Waals surface area (Å²) < 4.78 is 0. The summed E-state index contributed by atoms with van der Waals surface area (Å²) in [5.74, 6) is 0. The molecule has 140 valence electrons. The molecule has 3 heteroatoms. The van der Waals surface area contributed by atoms with Crippen molar-refractivity contribution in [3.05, 3.63) is 121 Å². The number of nitrogens with zero attached hydrogens (tertiary/aromatic N) is 2. The second-order valence-corrected chi connectivity index (χ2v) is 7.11. The van der Waals surface area contributed by atoms with Crippen molar-refractivity contribution < 1.29 is 0 Å². The first-order chi connectivity index (χ1) is 14.2. The van der Waals surface area contributed by atoms with Gasteiger partial charge < -0.3 is 9.80 Å². The van der Waals surface area contributed by atoms with Crippen LogP contribution >= 0.6 is 0 Å². The molecule has 4 aromatic rings. The lowest BCUT2D eigenvalue weighted by Crippen LogP contribution is -2.56. The van der Waals surface area contributed by atoms with E-state index in [1.165, 1.54) is 0 Å². The summed E-state index contributed by atoms with van der Waals surface area (Å²) in [5.41, 5.74) is 3.23. The van der Waals surface area contributed by atoms with Gasteiger partial charge in [-0.05, 0) is 55.5 Å². The fraction of sp³-hybridized carbons (Fsp3) is 0.0769. The lowest BCUT2D eigenvalue weighted by Gasteiger charge is -2.50. The van der Waals surface area contributed by atoms with E-state index in [1.807, 2.05) is 79.7 Å². The van der Waals surface area contributed by atoms with Crippen LogP contribution in [0.2, 0.25) is 0 Å². The van der Waals surface area contributed by atoms with E-state index in [1.54, 1.807) is 0 Å². The number of anilines is 4. The van der Waals surface area contributed by atoms with Crippen molar-refractivity contribution in [2.24, 2.45) is 0 Å². The highest BCUT2D eigenvalue weighted by molar-refractivity contribution is 6.20. The molecule has 0 saturated carbocycles. The zero-order valence-corrected chi connectivity index (χ0v) is 16.5. The fourth-order valence-electron chi connectivity index (χ4n) is 3.75. The summed E-state index contributed by atoms with van der Waals surface area (Å²) in [6.45, 7) is 2.05. The standard InChI is InChI=1S/C26H23BN2/c1-26(27,28(22-14-6-2-7-15-22)23-16-8-3-9-17-23)29(24-18-10-4-11-19-24)25-20-12-5-13-21-25/h2-21H,1H3. The number of benzene rings is 4. The van der Waals surface area contributed by atoms with E-state index in [4.69, 9.17) is 7.85 Å². The average Bonchev–Trinajstić information content (AvgIpc) is 2.77. The zero-order chi connectivity index (χ0) is 20.1. The first-order valence-corrected chi connectivity index (χ1v) is 9.77. The van der Waals surface area contributed by atoms with Gasteiger partial charge in [-0.1, -0.05) is 72.8 Å². The second kappa shape index (κ2) is 8.28. The summed E-state index contributed by atoms with van der Waals surface area (Å²) in [6.07, 6.45) is 0. The third-order valence-corrected chi connectivity index (χ3v) is 4.96. The Bertz CT molecular complexity index is 855. The van der Waals surface area contributed by atoms with Gasteiger partial charge in [0.2, 0.25) is 0 Å². The minimum absolute atomic E-state index is 0.884. The summed E-state index contributed by atoms with van der Waals surface area (Å²) >= 11 is 0. The van der Waals surface area contributed by atoms with Crippen LogP contribution in [0.4, 0.5) is 22.7 Å². The summed E-state index contributed by atoms with van der Waals surface area (Å²) in [5, 5.41) is 0. The van der Waals surface area contributed by atoms with Crippen molar-refractivity contribution in [3.63, 3.8) is 0 Å². The maximum Gasteiger partial charge on any atom is 0.135 e. The molecule has 4 rings (SSSR count). The summed E-state index contributed by atoms with van der Waals surface area (Å²) in [6, 6.07) is 41.1. The predicted molar refractivity (Wildman–Crippen MR) is 124 cm³/mol. The highest BCUT2D eigenvalue weighted by Gasteiger charge is 2.35. The number of hydrogen-bond donors (Lipinski definition) is 0. The monoisotopic (exact) mass is 374 g/mol. The number of para-hydroxylation sites is 4. The van der Waals surface area contributed by atoms with E-state index in [0.717, 1.165) is 22.7 Å². The van der Waals surface area contributed by atoms with Crippen molar-refractivity contribution in [1.82, 2.24) is 0 Å². The molecule has 0 atom stereocenters. The van der Waals surface area contributed by atoms with Crippen LogP contribution in [0.25, 0.3) is 0 Å². The van der Waals surface area contributed by atoms with Gasteiger partial charge in [0.1, 0.15) is 7.85 Å². The molecule has 0 saturated heterocycles. The van der Waals surface area contributed by atoms with Crippen LogP contribution in [0.15, 0.2) is 121 Å². The molecule has 2 nitrogen and oxygen atoms in total. The van der Waals surface area contributed by atoms with E-state index < -0.39 is 5.56 Å². The van der Waals surface area contributed by atoms with Gasteiger partial charge in [0, 0.05) is 22.7 Å². The Labute approximate surface area is 174 Å². The Kier molecular flexibility index (Phi) is 5.39. The smallest absolute Gasteiger partial charge is 0.135 e. The highest BCUT2D eigenvalue weighted by atomic mass is 15.4. The molecule has 0 unspecified atom stereocenters. The van der Waals surface area contributed by atoms with Gasteiger partial charge in [-0.3, -0.25) is 0 Å². The lowest BCUT2D eigenvalue weighted by atomic mass is 9.83. The van der Waals surface area contributed by atoms with E-state index in [-0.39, 0.29) is 0 Å². The third kappa shape index (κ3) is 3.90. The molecule has 0 amide bonds. The van der Waals surface area contributed by atoms with Crippen molar-refractivity contribution in [2.75, 3.05) is 9.80 Å². The van der Waals surface area contributed by atoms with Gasteiger partial charge in [-0.15, -0.1) is 0 Å². The molecular formula is C26H23BN2. The number of hydrogen-bond acceptors (Lipinski definition) is 2. The maximum absolute atomic E-state index is 7.19.